The van der Waals surface area contributed by atoms with E-state index in [4.69, 9.17) is 4.74 Å². The molecule has 1 N–H and O–H groups in total. The van der Waals surface area contributed by atoms with Crippen LogP contribution in [0.5, 0.6) is 5.88 Å². The Morgan fingerprint density at radius 1 is 1.13 bits per heavy atom. The zero-order valence-corrected chi connectivity index (χ0v) is 17.7. The fourth-order valence-electron chi connectivity index (χ4n) is 3.46. The van der Waals surface area contributed by atoms with Crippen molar-refractivity contribution < 1.29 is 13.2 Å². The van der Waals surface area contributed by atoms with Crippen LogP contribution in [-0.2, 0) is 17.1 Å². The average molecular weight is 440 g/mol. The van der Waals surface area contributed by atoms with E-state index in [1.165, 1.54) is 24.2 Å². The van der Waals surface area contributed by atoms with Crippen LogP contribution >= 0.6 is 0 Å². The van der Waals surface area contributed by atoms with E-state index in [2.05, 4.69) is 29.8 Å². The van der Waals surface area contributed by atoms with Gasteiger partial charge in [0.2, 0.25) is 5.88 Å². The standard InChI is InChI=1S/C19H20N8O3S/c1-25-18-13(10-22-25)9-21-19(30-2)17(18)24-31(28,29)15-11-23-27(12-15)16-8-14(4-5-20-16)26-6-3-7-26/h4-5,8-12,24H,3,6-7H2,1-2H3. The molecule has 0 unspecified atom stereocenters. The number of nitrogens with one attached hydrogen (secondary N) is 1. The molecule has 31 heavy (non-hydrogen) atoms. The van der Waals surface area contributed by atoms with Crippen molar-refractivity contribution in [3.05, 3.63) is 43.1 Å². The average Bonchev–Trinajstić information content (AvgIpc) is 3.35. The summed E-state index contributed by atoms with van der Waals surface area (Å²) in [5, 5.41) is 9.06. The predicted octanol–water partition coefficient (Wildman–Crippen LogP) is 1.57. The Morgan fingerprint density at radius 3 is 2.71 bits per heavy atom. The number of anilines is 2. The fraction of sp³-hybridized carbons (Fsp3) is 0.263. The second-order valence-corrected chi connectivity index (χ2v) is 8.84. The molecule has 0 bridgehead atoms. The van der Waals surface area contributed by atoms with E-state index in [-0.39, 0.29) is 16.5 Å². The summed E-state index contributed by atoms with van der Waals surface area (Å²) in [6.45, 7) is 2.00. The number of hydrogen-bond donors (Lipinski definition) is 1. The largest absolute Gasteiger partial charge is 0.479 e. The summed E-state index contributed by atoms with van der Waals surface area (Å²) in [6, 6.07) is 3.82. The van der Waals surface area contributed by atoms with Gasteiger partial charge in [-0.3, -0.25) is 9.40 Å². The molecule has 1 saturated heterocycles. The summed E-state index contributed by atoms with van der Waals surface area (Å²) in [5.41, 5.74) is 1.81. The van der Waals surface area contributed by atoms with Crippen LogP contribution in [-0.4, -0.2) is 58.1 Å². The minimum Gasteiger partial charge on any atom is -0.479 e. The number of pyridine rings is 2. The predicted molar refractivity (Wildman–Crippen MR) is 114 cm³/mol. The lowest BCUT2D eigenvalue weighted by Crippen LogP contribution is -2.37. The minimum absolute atomic E-state index is 0.00937. The van der Waals surface area contributed by atoms with Gasteiger partial charge in [-0.2, -0.15) is 10.2 Å². The first-order valence-corrected chi connectivity index (χ1v) is 11.1. The Hall–Kier alpha value is -3.67. The summed E-state index contributed by atoms with van der Waals surface area (Å²) in [5.74, 6) is 0.690. The van der Waals surface area contributed by atoms with Crippen molar-refractivity contribution in [2.24, 2.45) is 7.05 Å². The topological polar surface area (TPSA) is 120 Å². The van der Waals surface area contributed by atoms with Crippen LogP contribution in [0.1, 0.15) is 6.42 Å². The lowest BCUT2D eigenvalue weighted by molar-refractivity contribution is 0.400. The maximum absolute atomic E-state index is 13.1. The Balaban J connectivity index is 1.49. The van der Waals surface area contributed by atoms with E-state index in [1.54, 1.807) is 30.3 Å². The van der Waals surface area contributed by atoms with E-state index < -0.39 is 10.0 Å². The molecule has 0 aliphatic carbocycles. The molecular formula is C19H20N8O3S. The van der Waals surface area contributed by atoms with Crippen LogP contribution in [0.2, 0.25) is 0 Å². The van der Waals surface area contributed by atoms with Crippen molar-refractivity contribution in [3.63, 3.8) is 0 Å². The lowest BCUT2D eigenvalue weighted by atomic mass is 10.2. The third-order valence-electron chi connectivity index (χ3n) is 5.22. The molecule has 11 nitrogen and oxygen atoms in total. The van der Waals surface area contributed by atoms with E-state index >= 15 is 0 Å². The van der Waals surface area contributed by atoms with Crippen LogP contribution in [0.3, 0.4) is 0 Å². The van der Waals surface area contributed by atoms with Crippen molar-refractivity contribution in [1.29, 1.82) is 0 Å². The molecule has 4 aromatic heterocycles. The van der Waals surface area contributed by atoms with Gasteiger partial charge in [0, 0.05) is 49.7 Å². The molecule has 160 valence electrons. The smallest absolute Gasteiger partial charge is 0.265 e. The van der Waals surface area contributed by atoms with E-state index in [1.807, 2.05) is 12.1 Å². The highest BCUT2D eigenvalue weighted by Gasteiger charge is 2.23. The number of aromatic nitrogens is 6. The third kappa shape index (κ3) is 3.34. The molecule has 0 spiro atoms. The highest BCUT2D eigenvalue weighted by Crippen LogP contribution is 2.32. The van der Waals surface area contributed by atoms with Crippen molar-refractivity contribution in [3.8, 4) is 11.7 Å². The monoisotopic (exact) mass is 440 g/mol. The lowest BCUT2D eigenvalue weighted by Gasteiger charge is -2.33. The molecule has 0 radical (unpaired) electrons. The van der Waals surface area contributed by atoms with E-state index in [0.717, 1.165) is 25.2 Å². The van der Waals surface area contributed by atoms with Gasteiger partial charge in [-0.25, -0.2) is 23.1 Å². The molecule has 4 aromatic rings. The molecular weight excluding hydrogens is 420 g/mol. The van der Waals surface area contributed by atoms with Crippen LogP contribution in [0.25, 0.3) is 16.7 Å². The summed E-state index contributed by atoms with van der Waals surface area (Å²) in [4.78, 5) is 10.7. The van der Waals surface area contributed by atoms with Gasteiger partial charge in [-0.05, 0) is 12.5 Å². The molecule has 0 saturated carbocycles. The maximum Gasteiger partial charge on any atom is 0.265 e. The summed E-state index contributed by atoms with van der Waals surface area (Å²) in [7, 11) is -0.827. The molecule has 0 amide bonds. The van der Waals surface area contributed by atoms with Gasteiger partial charge < -0.3 is 9.64 Å². The molecule has 5 heterocycles. The van der Waals surface area contributed by atoms with Gasteiger partial charge in [0.05, 0.1) is 31.2 Å². The van der Waals surface area contributed by atoms with E-state index in [9.17, 15) is 8.42 Å². The first kappa shape index (κ1) is 19.3. The minimum atomic E-state index is -3.97. The normalized spacial score (nSPS) is 13.9. The fourth-order valence-corrected chi connectivity index (χ4v) is 4.46. The molecule has 1 aliphatic rings. The number of fused-ring (bicyclic) bond motifs is 1. The van der Waals surface area contributed by atoms with Crippen LogP contribution in [0, 0.1) is 0 Å². The Bertz CT molecular complexity index is 1370. The molecule has 12 heteroatoms. The molecule has 1 fully saturated rings. The quantitative estimate of drug-likeness (QED) is 0.480. The summed E-state index contributed by atoms with van der Waals surface area (Å²) >= 11 is 0. The number of aryl methyl sites for hydroxylation is 1. The molecule has 0 atom stereocenters. The number of methoxy groups -OCH3 is 1. The van der Waals surface area contributed by atoms with Crippen molar-refractivity contribution in [2.45, 2.75) is 11.3 Å². The first-order valence-electron chi connectivity index (χ1n) is 9.60. The Labute approximate surface area is 178 Å². The second kappa shape index (κ2) is 7.23. The van der Waals surface area contributed by atoms with Crippen molar-refractivity contribution >= 4 is 32.3 Å². The number of nitrogens with zero attached hydrogens (tertiary/aromatic N) is 7. The van der Waals surface area contributed by atoms with Crippen LogP contribution in [0.15, 0.2) is 48.0 Å². The van der Waals surface area contributed by atoms with Crippen molar-refractivity contribution in [2.75, 3.05) is 29.8 Å². The Morgan fingerprint density at radius 2 is 1.97 bits per heavy atom. The van der Waals surface area contributed by atoms with Crippen LogP contribution < -0.4 is 14.4 Å². The number of ether oxygens (including phenoxy) is 1. The van der Waals surface area contributed by atoms with Gasteiger partial charge >= 0.3 is 0 Å². The van der Waals surface area contributed by atoms with Gasteiger partial charge in [0.1, 0.15) is 10.6 Å². The van der Waals surface area contributed by atoms with Crippen molar-refractivity contribution in [1.82, 2.24) is 29.5 Å². The van der Waals surface area contributed by atoms with Gasteiger partial charge in [0.25, 0.3) is 10.0 Å². The first-order chi connectivity index (χ1) is 15.0. The third-order valence-corrected chi connectivity index (χ3v) is 6.53. The molecule has 0 aromatic carbocycles. The SMILES string of the molecule is COc1ncc2cnn(C)c2c1NS(=O)(=O)c1cnn(-c2cc(N3CCC3)ccn2)c1. The number of sulfonamides is 1. The van der Waals surface area contributed by atoms with E-state index in [0.29, 0.717) is 16.7 Å². The van der Waals surface area contributed by atoms with Gasteiger partial charge in [0.15, 0.2) is 5.82 Å². The molecule has 5 rings (SSSR count). The summed E-state index contributed by atoms with van der Waals surface area (Å²) < 4.78 is 37.1. The highest BCUT2D eigenvalue weighted by molar-refractivity contribution is 7.92. The second-order valence-electron chi connectivity index (χ2n) is 7.15. The zero-order chi connectivity index (χ0) is 21.6. The molecule has 1 aliphatic heterocycles. The summed E-state index contributed by atoms with van der Waals surface area (Å²) in [6.07, 6.45) is 8.74. The maximum atomic E-state index is 13.1. The Kier molecular flexibility index (Phi) is 4.50. The number of hydrogen-bond acceptors (Lipinski definition) is 8. The zero-order valence-electron chi connectivity index (χ0n) is 16.9. The van der Waals surface area contributed by atoms with Gasteiger partial charge in [-0.1, -0.05) is 0 Å². The van der Waals surface area contributed by atoms with Crippen LogP contribution in [0.4, 0.5) is 11.4 Å². The van der Waals surface area contributed by atoms with Gasteiger partial charge in [-0.15, -0.1) is 0 Å². The highest BCUT2D eigenvalue weighted by atomic mass is 32.2. The number of rotatable bonds is 6.